The van der Waals surface area contributed by atoms with Crippen LogP contribution in [0.25, 0.3) is 0 Å². The van der Waals surface area contributed by atoms with Gasteiger partial charge in [0.15, 0.2) is 0 Å². The Kier molecular flexibility index (Phi) is 4.65. The number of amides is 1. The van der Waals surface area contributed by atoms with Gasteiger partial charge in [0.1, 0.15) is 5.41 Å². The van der Waals surface area contributed by atoms with Crippen molar-refractivity contribution in [1.82, 2.24) is 9.62 Å². The van der Waals surface area contributed by atoms with Gasteiger partial charge in [-0.25, -0.2) is 13.1 Å². The molecule has 0 spiro atoms. The van der Waals surface area contributed by atoms with E-state index in [9.17, 15) is 18.5 Å². The molecular weight excluding hydrogens is 314 g/mol. The zero-order valence-electron chi connectivity index (χ0n) is 13.5. The molecule has 23 heavy (non-hydrogen) atoms. The molecule has 3 aliphatic rings. The number of nitriles is 1. The van der Waals surface area contributed by atoms with E-state index in [1.54, 1.807) is 4.90 Å². The number of carbonyl (C=O) groups is 1. The average molecular weight is 339 g/mol. The van der Waals surface area contributed by atoms with Gasteiger partial charge in [-0.3, -0.25) is 4.79 Å². The maximum absolute atomic E-state index is 12.6. The SMILES string of the molecule is N#CC1(C(=O)N2CCC[C@@H](S(=O)(=O)NC3CCCC3)C2)CCC1. The van der Waals surface area contributed by atoms with Crippen LogP contribution in [0.3, 0.4) is 0 Å². The van der Waals surface area contributed by atoms with Crippen molar-refractivity contribution in [3.63, 3.8) is 0 Å². The van der Waals surface area contributed by atoms with Crippen molar-refractivity contribution in [3.05, 3.63) is 0 Å². The number of carbonyl (C=O) groups excluding carboxylic acids is 1. The van der Waals surface area contributed by atoms with Crippen molar-refractivity contribution in [1.29, 1.82) is 5.26 Å². The van der Waals surface area contributed by atoms with Gasteiger partial charge in [-0.1, -0.05) is 12.8 Å². The maximum Gasteiger partial charge on any atom is 0.243 e. The van der Waals surface area contributed by atoms with Crippen LogP contribution in [0.2, 0.25) is 0 Å². The smallest absolute Gasteiger partial charge is 0.243 e. The lowest BCUT2D eigenvalue weighted by molar-refractivity contribution is -0.143. The van der Waals surface area contributed by atoms with E-state index in [0.717, 1.165) is 32.1 Å². The molecule has 1 aliphatic heterocycles. The summed E-state index contributed by atoms with van der Waals surface area (Å²) in [6.07, 6.45) is 7.36. The Morgan fingerprint density at radius 2 is 1.83 bits per heavy atom. The summed E-state index contributed by atoms with van der Waals surface area (Å²) in [6.45, 7) is 0.794. The van der Waals surface area contributed by atoms with Crippen LogP contribution >= 0.6 is 0 Å². The molecule has 2 aliphatic carbocycles. The number of nitrogens with one attached hydrogen (secondary N) is 1. The number of nitrogens with zero attached hydrogens (tertiary/aromatic N) is 2. The van der Waals surface area contributed by atoms with E-state index < -0.39 is 20.7 Å². The monoisotopic (exact) mass is 339 g/mol. The van der Waals surface area contributed by atoms with Gasteiger partial charge in [-0.2, -0.15) is 5.26 Å². The highest BCUT2D eigenvalue weighted by Gasteiger charge is 2.48. The first kappa shape index (κ1) is 16.7. The summed E-state index contributed by atoms with van der Waals surface area (Å²) in [6, 6.07) is 2.23. The van der Waals surface area contributed by atoms with E-state index in [1.807, 2.05) is 0 Å². The Morgan fingerprint density at radius 1 is 1.13 bits per heavy atom. The largest absolute Gasteiger partial charge is 0.340 e. The number of sulfonamides is 1. The molecule has 2 saturated carbocycles. The quantitative estimate of drug-likeness (QED) is 0.841. The van der Waals surface area contributed by atoms with Crippen LogP contribution in [0.15, 0.2) is 0 Å². The number of piperidine rings is 1. The minimum Gasteiger partial charge on any atom is -0.340 e. The predicted molar refractivity (Wildman–Crippen MR) is 85.8 cm³/mol. The first-order valence-electron chi connectivity index (χ1n) is 8.69. The van der Waals surface area contributed by atoms with Gasteiger partial charge in [0, 0.05) is 19.1 Å². The number of hydrogen-bond acceptors (Lipinski definition) is 4. The van der Waals surface area contributed by atoms with Crippen LogP contribution < -0.4 is 4.72 Å². The van der Waals surface area contributed by atoms with Crippen molar-refractivity contribution in [2.24, 2.45) is 5.41 Å². The van der Waals surface area contributed by atoms with Crippen molar-refractivity contribution >= 4 is 15.9 Å². The number of rotatable bonds is 4. The minimum atomic E-state index is -3.40. The van der Waals surface area contributed by atoms with Crippen LogP contribution in [0.5, 0.6) is 0 Å². The molecule has 1 atom stereocenters. The molecule has 128 valence electrons. The Labute approximate surface area is 138 Å². The van der Waals surface area contributed by atoms with E-state index in [1.165, 1.54) is 0 Å². The normalized spacial score (nSPS) is 28.1. The number of hydrogen-bond donors (Lipinski definition) is 1. The first-order chi connectivity index (χ1) is 11.0. The molecule has 0 aromatic carbocycles. The molecule has 0 bridgehead atoms. The lowest BCUT2D eigenvalue weighted by atomic mass is 9.69. The third-order valence-corrected chi connectivity index (χ3v) is 7.55. The molecule has 1 heterocycles. The number of likely N-dealkylation sites (tertiary alicyclic amines) is 1. The first-order valence-corrected chi connectivity index (χ1v) is 10.2. The van der Waals surface area contributed by atoms with E-state index in [-0.39, 0.29) is 18.5 Å². The van der Waals surface area contributed by atoms with E-state index >= 15 is 0 Å². The summed E-state index contributed by atoms with van der Waals surface area (Å²) in [4.78, 5) is 14.3. The van der Waals surface area contributed by atoms with Gasteiger partial charge in [0.2, 0.25) is 15.9 Å². The second-order valence-corrected chi connectivity index (χ2v) is 9.20. The summed E-state index contributed by atoms with van der Waals surface area (Å²) in [7, 11) is -3.40. The Hall–Kier alpha value is -1.13. The second kappa shape index (κ2) is 6.40. The Morgan fingerprint density at radius 3 is 2.39 bits per heavy atom. The van der Waals surface area contributed by atoms with Gasteiger partial charge < -0.3 is 4.90 Å². The molecule has 0 radical (unpaired) electrons. The van der Waals surface area contributed by atoms with Gasteiger partial charge in [-0.05, 0) is 44.9 Å². The summed E-state index contributed by atoms with van der Waals surface area (Å²) in [5.74, 6) is -0.160. The van der Waals surface area contributed by atoms with Gasteiger partial charge in [0.25, 0.3) is 0 Å². The maximum atomic E-state index is 12.6. The van der Waals surface area contributed by atoms with Crippen LogP contribution in [0.1, 0.15) is 57.8 Å². The molecule has 1 saturated heterocycles. The van der Waals surface area contributed by atoms with Crippen LogP contribution in [-0.4, -0.2) is 43.6 Å². The third kappa shape index (κ3) is 3.24. The highest BCUT2D eigenvalue weighted by atomic mass is 32.2. The molecule has 3 rings (SSSR count). The third-order valence-electron chi connectivity index (χ3n) is 5.62. The fourth-order valence-electron chi connectivity index (χ4n) is 3.95. The van der Waals surface area contributed by atoms with Gasteiger partial charge in [0.05, 0.1) is 11.3 Å². The zero-order chi connectivity index (χ0) is 16.5. The molecule has 1 amide bonds. The van der Waals surface area contributed by atoms with Crippen LogP contribution in [0, 0.1) is 16.7 Å². The highest BCUT2D eigenvalue weighted by molar-refractivity contribution is 7.90. The van der Waals surface area contributed by atoms with E-state index in [4.69, 9.17) is 0 Å². The molecule has 1 N–H and O–H groups in total. The van der Waals surface area contributed by atoms with Crippen LogP contribution in [0.4, 0.5) is 0 Å². The lowest BCUT2D eigenvalue weighted by Crippen LogP contribution is -2.54. The molecule has 6 nitrogen and oxygen atoms in total. The summed E-state index contributed by atoms with van der Waals surface area (Å²) >= 11 is 0. The summed E-state index contributed by atoms with van der Waals surface area (Å²) < 4.78 is 28.0. The van der Waals surface area contributed by atoms with E-state index in [2.05, 4.69) is 10.8 Å². The lowest BCUT2D eigenvalue weighted by Gasteiger charge is -2.41. The van der Waals surface area contributed by atoms with Crippen LogP contribution in [-0.2, 0) is 14.8 Å². The minimum absolute atomic E-state index is 0.0585. The van der Waals surface area contributed by atoms with Crippen molar-refractivity contribution < 1.29 is 13.2 Å². The molecule has 3 fully saturated rings. The van der Waals surface area contributed by atoms with Gasteiger partial charge in [-0.15, -0.1) is 0 Å². The summed E-state index contributed by atoms with van der Waals surface area (Å²) in [5, 5.41) is 8.78. The molecular formula is C16H25N3O3S. The standard InChI is InChI=1S/C16H25N3O3S/c17-12-16(8-4-9-16)15(20)19-10-3-7-14(11-19)23(21,22)18-13-5-1-2-6-13/h13-14,18H,1-11H2/t14-/m1/s1. The second-order valence-electron chi connectivity index (χ2n) is 7.21. The molecule has 7 heteroatoms. The van der Waals surface area contributed by atoms with Crippen molar-refractivity contribution in [3.8, 4) is 6.07 Å². The van der Waals surface area contributed by atoms with E-state index in [0.29, 0.717) is 32.2 Å². The highest BCUT2D eigenvalue weighted by Crippen LogP contribution is 2.42. The molecule has 0 unspecified atom stereocenters. The fourth-order valence-corrected chi connectivity index (χ4v) is 5.70. The van der Waals surface area contributed by atoms with Gasteiger partial charge >= 0.3 is 0 Å². The molecule has 0 aromatic rings. The zero-order valence-corrected chi connectivity index (χ0v) is 14.3. The fraction of sp³-hybridized carbons (Fsp3) is 0.875. The topological polar surface area (TPSA) is 90.3 Å². The predicted octanol–water partition coefficient (Wildman–Crippen LogP) is 1.53. The Bertz CT molecular complexity index is 601. The average Bonchev–Trinajstić information content (AvgIpc) is 2.99. The summed E-state index contributed by atoms with van der Waals surface area (Å²) in [5.41, 5.74) is -0.884. The van der Waals surface area contributed by atoms with Crippen molar-refractivity contribution in [2.75, 3.05) is 13.1 Å². The Balaban J connectivity index is 1.66. The molecule has 0 aromatic heterocycles. The van der Waals surface area contributed by atoms with Crippen molar-refractivity contribution in [2.45, 2.75) is 69.1 Å².